The standard InChI is InChI=1S/C16H31NO/c1-13-3-5-15(6-4-13)11-17-12-16(18)9-7-14(2)8-10-16/h13-15,17-18H,3-12H2,1-2H3. The predicted molar refractivity (Wildman–Crippen MR) is 76.6 cm³/mol. The Kier molecular flexibility index (Phi) is 5.08. The van der Waals surface area contributed by atoms with E-state index in [1.165, 1.54) is 38.5 Å². The maximum absolute atomic E-state index is 10.5. The van der Waals surface area contributed by atoms with Crippen LogP contribution in [-0.4, -0.2) is 23.8 Å². The van der Waals surface area contributed by atoms with Gasteiger partial charge in [0.05, 0.1) is 5.60 Å². The van der Waals surface area contributed by atoms with Crippen LogP contribution >= 0.6 is 0 Å². The monoisotopic (exact) mass is 253 g/mol. The molecule has 2 N–H and O–H groups in total. The van der Waals surface area contributed by atoms with Gasteiger partial charge in [-0.15, -0.1) is 0 Å². The first-order valence-corrected chi connectivity index (χ1v) is 8.00. The molecule has 0 aliphatic heterocycles. The fourth-order valence-electron chi connectivity index (χ4n) is 3.52. The van der Waals surface area contributed by atoms with Crippen LogP contribution in [0.4, 0.5) is 0 Å². The van der Waals surface area contributed by atoms with E-state index >= 15 is 0 Å². The zero-order valence-electron chi connectivity index (χ0n) is 12.3. The van der Waals surface area contributed by atoms with Crippen LogP contribution in [0.5, 0.6) is 0 Å². The summed E-state index contributed by atoms with van der Waals surface area (Å²) >= 11 is 0. The predicted octanol–water partition coefficient (Wildman–Crippen LogP) is 3.34. The van der Waals surface area contributed by atoms with Crippen LogP contribution in [0.2, 0.25) is 0 Å². The molecule has 18 heavy (non-hydrogen) atoms. The number of hydrogen-bond acceptors (Lipinski definition) is 2. The van der Waals surface area contributed by atoms with E-state index in [1.807, 2.05) is 0 Å². The molecule has 0 saturated heterocycles. The van der Waals surface area contributed by atoms with Crippen molar-refractivity contribution in [2.45, 2.75) is 70.8 Å². The molecule has 2 rings (SSSR count). The van der Waals surface area contributed by atoms with Crippen LogP contribution in [0.3, 0.4) is 0 Å². The van der Waals surface area contributed by atoms with E-state index in [2.05, 4.69) is 19.2 Å². The van der Waals surface area contributed by atoms with Gasteiger partial charge in [0.25, 0.3) is 0 Å². The third-order valence-corrected chi connectivity index (χ3v) is 5.23. The summed E-state index contributed by atoms with van der Waals surface area (Å²) in [6, 6.07) is 0. The van der Waals surface area contributed by atoms with Gasteiger partial charge in [-0.2, -0.15) is 0 Å². The van der Waals surface area contributed by atoms with Gasteiger partial charge in [0.2, 0.25) is 0 Å². The highest BCUT2D eigenvalue weighted by Gasteiger charge is 2.31. The van der Waals surface area contributed by atoms with E-state index in [9.17, 15) is 5.11 Å². The molecule has 0 bridgehead atoms. The molecule has 2 fully saturated rings. The summed E-state index contributed by atoms with van der Waals surface area (Å²) in [6.07, 6.45) is 9.92. The summed E-state index contributed by atoms with van der Waals surface area (Å²) in [5.74, 6) is 2.60. The Morgan fingerprint density at radius 3 is 2.11 bits per heavy atom. The third kappa shape index (κ3) is 4.24. The molecule has 2 aliphatic carbocycles. The van der Waals surface area contributed by atoms with E-state index in [0.29, 0.717) is 0 Å². The molecule has 0 spiro atoms. The second-order valence-electron chi connectivity index (χ2n) is 7.16. The van der Waals surface area contributed by atoms with Gasteiger partial charge in [-0.25, -0.2) is 0 Å². The van der Waals surface area contributed by atoms with E-state index in [1.54, 1.807) is 0 Å². The average Bonchev–Trinajstić information content (AvgIpc) is 2.36. The van der Waals surface area contributed by atoms with Crippen LogP contribution < -0.4 is 5.32 Å². The van der Waals surface area contributed by atoms with E-state index in [4.69, 9.17) is 0 Å². The van der Waals surface area contributed by atoms with Crippen molar-refractivity contribution >= 4 is 0 Å². The summed E-state index contributed by atoms with van der Waals surface area (Å²) in [5, 5.41) is 14.0. The normalized spacial score (nSPS) is 41.8. The number of hydrogen-bond donors (Lipinski definition) is 2. The Hall–Kier alpha value is -0.0800. The fraction of sp³-hybridized carbons (Fsp3) is 1.00. The minimum Gasteiger partial charge on any atom is -0.389 e. The van der Waals surface area contributed by atoms with Crippen LogP contribution in [-0.2, 0) is 0 Å². The second kappa shape index (κ2) is 6.38. The SMILES string of the molecule is CC1CCC(CNCC2(O)CCC(C)CC2)CC1. The third-order valence-electron chi connectivity index (χ3n) is 5.23. The molecule has 2 saturated carbocycles. The molecule has 2 aliphatic rings. The van der Waals surface area contributed by atoms with Crippen molar-refractivity contribution in [3.63, 3.8) is 0 Å². The van der Waals surface area contributed by atoms with Crippen molar-refractivity contribution in [3.8, 4) is 0 Å². The number of aliphatic hydroxyl groups is 1. The lowest BCUT2D eigenvalue weighted by Gasteiger charge is -2.36. The zero-order chi connectivity index (χ0) is 13.0. The minimum atomic E-state index is -0.408. The number of nitrogens with one attached hydrogen (secondary N) is 1. The molecule has 0 aromatic heterocycles. The van der Waals surface area contributed by atoms with Gasteiger partial charge in [-0.05, 0) is 62.8 Å². The second-order valence-corrected chi connectivity index (χ2v) is 7.16. The van der Waals surface area contributed by atoms with E-state index in [0.717, 1.165) is 43.7 Å². The maximum atomic E-state index is 10.5. The van der Waals surface area contributed by atoms with Gasteiger partial charge in [-0.3, -0.25) is 0 Å². The molecular formula is C16H31NO. The van der Waals surface area contributed by atoms with Crippen molar-refractivity contribution in [2.24, 2.45) is 17.8 Å². The Morgan fingerprint density at radius 1 is 0.944 bits per heavy atom. The van der Waals surface area contributed by atoms with Gasteiger partial charge in [0.15, 0.2) is 0 Å². The van der Waals surface area contributed by atoms with Crippen molar-refractivity contribution in [2.75, 3.05) is 13.1 Å². The molecule has 0 aromatic rings. The number of rotatable bonds is 4. The van der Waals surface area contributed by atoms with Crippen molar-refractivity contribution in [3.05, 3.63) is 0 Å². The first-order valence-electron chi connectivity index (χ1n) is 8.00. The van der Waals surface area contributed by atoms with E-state index in [-0.39, 0.29) is 0 Å². The topological polar surface area (TPSA) is 32.3 Å². The van der Waals surface area contributed by atoms with Crippen molar-refractivity contribution in [1.82, 2.24) is 5.32 Å². The highest BCUT2D eigenvalue weighted by Crippen LogP contribution is 2.32. The molecule has 2 nitrogen and oxygen atoms in total. The summed E-state index contributed by atoms with van der Waals surface area (Å²) in [7, 11) is 0. The molecule has 0 heterocycles. The average molecular weight is 253 g/mol. The molecule has 0 unspecified atom stereocenters. The van der Waals surface area contributed by atoms with Crippen LogP contribution in [0.15, 0.2) is 0 Å². The van der Waals surface area contributed by atoms with Gasteiger partial charge in [-0.1, -0.05) is 26.7 Å². The molecule has 0 aromatic carbocycles. The summed E-state index contributed by atoms with van der Waals surface area (Å²) in [6.45, 7) is 6.60. The van der Waals surface area contributed by atoms with Gasteiger partial charge < -0.3 is 10.4 Å². The highest BCUT2D eigenvalue weighted by molar-refractivity contribution is 4.86. The Balaban J connectivity index is 1.63. The molecule has 106 valence electrons. The Morgan fingerprint density at radius 2 is 1.50 bits per heavy atom. The quantitative estimate of drug-likeness (QED) is 0.805. The fourth-order valence-corrected chi connectivity index (χ4v) is 3.52. The molecule has 0 amide bonds. The van der Waals surface area contributed by atoms with Crippen molar-refractivity contribution in [1.29, 1.82) is 0 Å². The summed E-state index contributed by atoms with van der Waals surface area (Å²) in [5.41, 5.74) is -0.408. The first kappa shape index (κ1) is 14.3. The van der Waals surface area contributed by atoms with Crippen LogP contribution in [0, 0.1) is 17.8 Å². The van der Waals surface area contributed by atoms with Crippen LogP contribution in [0.25, 0.3) is 0 Å². The van der Waals surface area contributed by atoms with Gasteiger partial charge >= 0.3 is 0 Å². The van der Waals surface area contributed by atoms with E-state index < -0.39 is 5.60 Å². The maximum Gasteiger partial charge on any atom is 0.0771 e. The lowest BCUT2D eigenvalue weighted by atomic mass is 9.79. The molecular weight excluding hydrogens is 222 g/mol. The van der Waals surface area contributed by atoms with Crippen LogP contribution in [0.1, 0.15) is 65.2 Å². The smallest absolute Gasteiger partial charge is 0.0771 e. The molecule has 2 heteroatoms. The lowest BCUT2D eigenvalue weighted by Crippen LogP contribution is -2.44. The lowest BCUT2D eigenvalue weighted by molar-refractivity contribution is -0.00694. The Labute approximate surface area is 113 Å². The van der Waals surface area contributed by atoms with Gasteiger partial charge in [0.1, 0.15) is 0 Å². The minimum absolute atomic E-state index is 0.408. The Bertz CT molecular complexity index is 237. The van der Waals surface area contributed by atoms with Crippen molar-refractivity contribution < 1.29 is 5.11 Å². The molecule has 0 radical (unpaired) electrons. The first-order chi connectivity index (χ1) is 8.57. The highest BCUT2D eigenvalue weighted by atomic mass is 16.3. The van der Waals surface area contributed by atoms with Gasteiger partial charge in [0, 0.05) is 6.54 Å². The summed E-state index contributed by atoms with van der Waals surface area (Å²) in [4.78, 5) is 0. The molecule has 0 atom stereocenters. The summed E-state index contributed by atoms with van der Waals surface area (Å²) < 4.78 is 0. The largest absolute Gasteiger partial charge is 0.389 e. The zero-order valence-corrected chi connectivity index (χ0v) is 12.3.